The first-order valence-electron chi connectivity index (χ1n) is 6.50. The van der Waals surface area contributed by atoms with Crippen molar-refractivity contribution in [1.29, 1.82) is 0 Å². The van der Waals surface area contributed by atoms with Gasteiger partial charge in [-0.05, 0) is 12.1 Å². The predicted molar refractivity (Wildman–Crippen MR) is 76.6 cm³/mol. The highest BCUT2D eigenvalue weighted by molar-refractivity contribution is 6.04. The number of carbonyl (C=O) groups excluding carboxylic acids is 2. The van der Waals surface area contributed by atoms with E-state index in [9.17, 15) is 9.59 Å². The van der Waals surface area contributed by atoms with Crippen molar-refractivity contribution in [1.82, 2.24) is 9.88 Å². The number of oxime groups is 1. The number of fused-ring (bicyclic) bond motifs is 1. The Kier molecular flexibility index (Phi) is 3.35. The van der Waals surface area contributed by atoms with Crippen LogP contribution in [0, 0.1) is 0 Å². The third-order valence-electron chi connectivity index (χ3n) is 3.33. The van der Waals surface area contributed by atoms with Crippen LogP contribution in [0.1, 0.15) is 12.1 Å². The minimum Gasteiger partial charge on any atom is -0.382 e. The average molecular weight is 283 g/mol. The van der Waals surface area contributed by atoms with Crippen molar-refractivity contribution < 1.29 is 14.4 Å². The molecule has 106 valence electrons. The van der Waals surface area contributed by atoms with E-state index in [1.807, 2.05) is 36.4 Å². The van der Waals surface area contributed by atoms with Crippen molar-refractivity contribution in [3.05, 3.63) is 42.1 Å². The van der Waals surface area contributed by atoms with Gasteiger partial charge in [0.05, 0.1) is 23.8 Å². The molecule has 21 heavy (non-hydrogen) atoms. The van der Waals surface area contributed by atoms with Gasteiger partial charge in [0.1, 0.15) is 0 Å². The summed E-state index contributed by atoms with van der Waals surface area (Å²) in [5.41, 5.74) is 1.48. The number of likely N-dealkylation sites (tertiary alicyclic amines) is 1. The molecule has 1 fully saturated rings. The van der Waals surface area contributed by atoms with Crippen LogP contribution in [0.5, 0.6) is 0 Å². The zero-order valence-corrected chi connectivity index (χ0v) is 11.4. The van der Waals surface area contributed by atoms with E-state index in [2.05, 4.69) is 10.1 Å². The zero-order valence-electron chi connectivity index (χ0n) is 11.4. The van der Waals surface area contributed by atoms with E-state index in [1.165, 1.54) is 13.3 Å². The van der Waals surface area contributed by atoms with Gasteiger partial charge in [-0.1, -0.05) is 29.4 Å². The molecule has 1 aromatic carbocycles. The smallest absolute Gasteiger partial charge is 0.273 e. The minimum absolute atomic E-state index is 0.0256. The molecule has 0 saturated carbocycles. The van der Waals surface area contributed by atoms with E-state index in [1.54, 1.807) is 0 Å². The SMILES string of the molecule is CN1C(=O)CC(O/N=C/c2ccc3ccccc3n2)C1=O. The Bertz CT molecular complexity index is 742. The number of hydrogen-bond acceptors (Lipinski definition) is 5. The van der Waals surface area contributed by atoms with Crippen molar-refractivity contribution in [3.63, 3.8) is 0 Å². The fourth-order valence-electron chi connectivity index (χ4n) is 2.12. The molecule has 1 aromatic heterocycles. The van der Waals surface area contributed by atoms with Gasteiger partial charge in [-0.25, -0.2) is 4.98 Å². The Balaban J connectivity index is 1.70. The maximum absolute atomic E-state index is 11.6. The lowest BCUT2D eigenvalue weighted by molar-refractivity contribution is -0.140. The molecule has 6 nitrogen and oxygen atoms in total. The van der Waals surface area contributed by atoms with Crippen LogP contribution < -0.4 is 0 Å². The van der Waals surface area contributed by atoms with Crippen LogP contribution >= 0.6 is 0 Å². The van der Waals surface area contributed by atoms with Crippen molar-refractivity contribution in [3.8, 4) is 0 Å². The topological polar surface area (TPSA) is 71.9 Å². The Labute approximate surface area is 121 Å². The number of amides is 2. The summed E-state index contributed by atoms with van der Waals surface area (Å²) in [6.07, 6.45) is 0.625. The molecular formula is C15H13N3O3. The van der Waals surface area contributed by atoms with Crippen LogP contribution in [0.3, 0.4) is 0 Å². The van der Waals surface area contributed by atoms with Crippen LogP contribution in [0.2, 0.25) is 0 Å². The molecule has 2 amide bonds. The van der Waals surface area contributed by atoms with Crippen LogP contribution in [-0.2, 0) is 14.4 Å². The van der Waals surface area contributed by atoms with Gasteiger partial charge in [-0.15, -0.1) is 0 Å². The monoisotopic (exact) mass is 283 g/mol. The average Bonchev–Trinajstić information content (AvgIpc) is 2.74. The second-order valence-corrected chi connectivity index (χ2v) is 4.75. The quantitative estimate of drug-likeness (QED) is 0.484. The fraction of sp³-hybridized carbons (Fsp3) is 0.200. The van der Waals surface area contributed by atoms with Gasteiger partial charge in [0.2, 0.25) is 12.0 Å². The summed E-state index contributed by atoms with van der Waals surface area (Å²) >= 11 is 0. The van der Waals surface area contributed by atoms with Gasteiger partial charge in [-0.3, -0.25) is 14.5 Å². The summed E-state index contributed by atoms with van der Waals surface area (Å²) < 4.78 is 0. The molecule has 0 N–H and O–H groups in total. The minimum atomic E-state index is -0.834. The number of pyridine rings is 1. The second-order valence-electron chi connectivity index (χ2n) is 4.75. The lowest BCUT2D eigenvalue weighted by atomic mass is 10.2. The molecule has 1 aliphatic heterocycles. The summed E-state index contributed by atoms with van der Waals surface area (Å²) in [5.74, 6) is -0.632. The molecule has 1 atom stereocenters. The largest absolute Gasteiger partial charge is 0.382 e. The first-order valence-corrected chi connectivity index (χ1v) is 6.50. The Morgan fingerprint density at radius 1 is 1.29 bits per heavy atom. The molecule has 2 heterocycles. The molecule has 0 aliphatic carbocycles. The number of nitrogens with zero attached hydrogens (tertiary/aromatic N) is 3. The zero-order chi connectivity index (χ0) is 14.8. The first kappa shape index (κ1) is 13.2. The normalized spacial score (nSPS) is 18.9. The van der Waals surface area contributed by atoms with E-state index < -0.39 is 6.10 Å². The number of para-hydroxylation sites is 1. The molecule has 0 radical (unpaired) electrons. The Morgan fingerprint density at radius 3 is 2.86 bits per heavy atom. The van der Waals surface area contributed by atoms with Gasteiger partial charge >= 0.3 is 0 Å². The lowest BCUT2D eigenvalue weighted by Gasteiger charge is -2.06. The van der Waals surface area contributed by atoms with Crippen LogP contribution in [0.15, 0.2) is 41.6 Å². The number of hydrogen-bond donors (Lipinski definition) is 0. The van der Waals surface area contributed by atoms with E-state index in [0.29, 0.717) is 5.69 Å². The molecule has 6 heteroatoms. The number of imide groups is 1. The molecule has 2 aromatic rings. The van der Waals surface area contributed by atoms with E-state index in [0.717, 1.165) is 15.8 Å². The third kappa shape index (κ3) is 2.60. The highest BCUT2D eigenvalue weighted by Gasteiger charge is 2.38. The number of likely N-dealkylation sites (N-methyl/N-ethyl adjacent to an activating group) is 1. The third-order valence-corrected chi connectivity index (χ3v) is 3.33. The summed E-state index contributed by atoms with van der Waals surface area (Å²) in [4.78, 5) is 33.5. The number of carbonyl (C=O) groups is 2. The van der Waals surface area contributed by atoms with Gasteiger partial charge in [0, 0.05) is 12.4 Å². The van der Waals surface area contributed by atoms with Gasteiger partial charge in [-0.2, -0.15) is 0 Å². The lowest BCUT2D eigenvalue weighted by Crippen LogP contribution is -2.28. The van der Waals surface area contributed by atoms with Crippen molar-refractivity contribution >= 4 is 28.9 Å². The van der Waals surface area contributed by atoms with Crippen LogP contribution in [0.4, 0.5) is 0 Å². The van der Waals surface area contributed by atoms with Gasteiger partial charge < -0.3 is 4.84 Å². The molecular weight excluding hydrogens is 270 g/mol. The summed E-state index contributed by atoms with van der Waals surface area (Å²) in [7, 11) is 1.43. The van der Waals surface area contributed by atoms with Crippen molar-refractivity contribution in [2.75, 3.05) is 7.05 Å². The van der Waals surface area contributed by atoms with Gasteiger partial charge in [0.25, 0.3) is 5.91 Å². The maximum atomic E-state index is 11.6. The van der Waals surface area contributed by atoms with E-state index in [4.69, 9.17) is 4.84 Å². The summed E-state index contributed by atoms with van der Waals surface area (Å²) in [6.45, 7) is 0. The summed E-state index contributed by atoms with van der Waals surface area (Å²) in [5, 5.41) is 4.80. The molecule has 1 aliphatic rings. The van der Waals surface area contributed by atoms with Crippen LogP contribution in [-0.4, -0.2) is 41.1 Å². The highest BCUT2D eigenvalue weighted by atomic mass is 16.6. The maximum Gasteiger partial charge on any atom is 0.273 e. The Hall–Kier alpha value is -2.76. The van der Waals surface area contributed by atoms with E-state index in [-0.39, 0.29) is 18.2 Å². The van der Waals surface area contributed by atoms with Crippen molar-refractivity contribution in [2.24, 2.45) is 5.16 Å². The number of rotatable bonds is 3. The van der Waals surface area contributed by atoms with Crippen LogP contribution in [0.25, 0.3) is 10.9 Å². The fourth-order valence-corrected chi connectivity index (χ4v) is 2.12. The molecule has 1 unspecified atom stereocenters. The number of benzene rings is 1. The van der Waals surface area contributed by atoms with Gasteiger partial charge in [0.15, 0.2) is 0 Å². The standard InChI is InChI=1S/C15H13N3O3/c1-18-14(19)8-13(15(18)20)21-16-9-11-7-6-10-4-2-3-5-12(10)17-11/h2-7,9,13H,8H2,1H3/b16-9+. The second kappa shape index (κ2) is 5.32. The predicted octanol–water partition coefficient (Wildman–Crippen LogP) is 1.34. The molecule has 0 spiro atoms. The summed E-state index contributed by atoms with van der Waals surface area (Å²) in [6, 6.07) is 11.5. The number of aromatic nitrogens is 1. The highest BCUT2D eigenvalue weighted by Crippen LogP contribution is 2.14. The molecule has 0 bridgehead atoms. The van der Waals surface area contributed by atoms with Crippen molar-refractivity contribution in [2.45, 2.75) is 12.5 Å². The van der Waals surface area contributed by atoms with E-state index >= 15 is 0 Å². The molecule has 3 rings (SSSR count). The molecule has 1 saturated heterocycles. The Morgan fingerprint density at radius 2 is 2.10 bits per heavy atom. The first-order chi connectivity index (χ1) is 10.1.